The first-order chi connectivity index (χ1) is 35.0. The molecule has 0 amide bonds. The summed E-state index contributed by atoms with van der Waals surface area (Å²) in [6.07, 6.45) is 81.8. The number of carbonyl (C=O) groups excluding carboxylic acids is 3. The van der Waals surface area contributed by atoms with E-state index in [1.165, 1.54) is 89.9 Å². The minimum atomic E-state index is -0.835. The molecule has 0 N–H and O–H groups in total. The number of unbranched alkanes of at least 4 members (excludes halogenated alkanes) is 17. The number of carbonyl (C=O) groups is 3. The van der Waals surface area contributed by atoms with Crippen LogP contribution >= 0.6 is 0 Å². The van der Waals surface area contributed by atoms with Gasteiger partial charge in [0.15, 0.2) is 6.10 Å². The Balaban J connectivity index is 4.42. The van der Waals surface area contributed by atoms with Crippen LogP contribution in [0, 0.1) is 0 Å². The molecule has 0 saturated heterocycles. The molecule has 0 aliphatic carbocycles. The van der Waals surface area contributed by atoms with E-state index in [0.29, 0.717) is 19.3 Å². The third kappa shape index (κ3) is 56.3. The highest BCUT2D eigenvalue weighted by atomic mass is 16.6. The van der Waals surface area contributed by atoms with E-state index in [1.807, 2.05) is 12.2 Å². The van der Waals surface area contributed by atoms with Gasteiger partial charge < -0.3 is 14.2 Å². The van der Waals surface area contributed by atoms with Crippen molar-refractivity contribution in [2.75, 3.05) is 13.2 Å². The lowest BCUT2D eigenvalue weighted by atomic mass is 10.1. The summed E-state index contributed by atoms with van der Waals surface area (Å²) < 4.78 is 16.7. The monoisotopic (exact) mass is 981 g/mol. The second-order valence-electron chi connectivity index (χ2n) is 18.4. The second kappa shape index (κ2) is 58.1. The molecule has 0 aliphatic heterocycles. The Labute approximate surface area is 436 Å². The fourth-order valence-electron chi connectivity index (χ4n) is 7.39. The van der Waals surface area contributed by atoms with Gasteiger partial charge in [-0.1, -0.05) is 231 Å². The van der Waals surface area contributed by atoms with E-state index in [2.05, 4.69) is 142 Å². The summed E-state index contributed by atoms with van der Waals surface area (Å²) in [6, 6.07) is 0. The zero-order valence-electron chi connectivity index (χ0n) is 45.7. The van der Waals surface area contributed by atoms with Gasteiger partial charge in [0.1, 0.15) is 13.2 Å². The Hall–Kier alpha value is -4.45. The van der Waals surface area contributed by atoms with Gasteiger partial charge in [-0.2, -0.15) is 0 Å². The van der Waals surface area contributed by atoms with Crippen molar-refractivity contribution in [2.24, 2.45) is 0 Å². The summed E-state index contributed by atoms with van der Waals surface area (Å²) in [5.74, 6) is -1.06. The highest BCUT2D eigenvalue weighted by Crippen LogP contribution is 2.14. The summed E-state index contributed by atoms with van der Waals surface area (Å²) >= 11 is 0. The number of ether oxygens (including phenoxy) is 3. The number of hydrogen-bond donors (Lipinski definition) is 0. The predicted molar refractivity (Wildman–Crippen MR) is 306 cm³/mol. The molecule has 0 aromatic rings. The number of hydrogen-bond acceptors (Lipinski definition) is 6. The van der Waals surface area contributed by atoms with Crippen molar-refractivity contribution in [3.8, 4) is 0 Å². The Morgan fingerprint density at radius 1 is 0.296 bits per heavy atom. The zero-order chi connectivity index (χ0) is 51.4. The van der Waals surface area contributed by atoms with Crippen LogP contribution in [0.4, 0.5) is 0 Å². The van der Waals surface area contributed by atoms with Gasteiger partial charge in [-0.3, -0.25) is 14.4 Å². The molecule has 71 heavy (non-hydrogen) atoms. The number of esters is 3. The Morgan fingerprint density at radius 3 is 0.972 bits per heavy atom. The van der Waals surface area contributed by atoms with Crippen LogP contribution in [0.5, 0.6) is 0 Å². The van der Waals surface area contributed by atoms with Crippen molar-refractivity contribution in [1.29, 1.82) is 0 Å². The number of rotatable bonds is 50. The van der Waals surface area contributed by atoms with Gasteiger partial charge in [-0.25, -0.2) is 0 Å². The maximum atomic E-state index is 12.8. The molecule has 0 aliphatic rings. The van der Waals surface area contributed by atoms with Crippen LogP contribution < -0.4 is 0 Å². The van der Waals surface area contributed by atoms with Gasteiger partial charge in [0.2, 0.25) is 0 Å². The highest BCUT2D eigenvalue weighted by Gasteiger charge is 2.19. The second-order valence-corrected chi connectivity index (χ2v) is 18.4. The third-order valence-electron chi connectivity index (χ3n) is 11.6. The molecule has 0 radical (unpaired) electrons. The minimum absolute atomic E-state index is 0.123. The fraction of sp³-hybridized carbons (Fsp3) is 0.615. The van der Waals surface area contributed by atoms with Crippen LogP contribution in [0.15, 0.2) is 134 Å². The zero-order valence-corrected chi connectivity index (χ0v) is 45.7. The normalized spacial score (nSPS) is 13.1. The largest absolute Gasteiger partial charge is 0.462 e. The molecule has 0 bridgehead atoms. The van der Waals surface area contributed by atoms with Crippen LogP contribution in [0.2, 0.25) is 0 Å². The highest BCUT2D eigenvalue weighted by molar-refractivity contribution is 5.71. The Morgan fingerprint density at radius 2 is 0.577 bits per heavy atom. The van der Waals surface area contributed by atoms with Crippen LogP contribution in [-0.2, 0) is 28.6 Å². The van der Waals surface area contributed by atoms with E-state index < -0.39 is 6.10 Å². The maximum absolute atomic E-state index is 12.8. The van der Waals surface area contributed by atoms with Gasteiger partial charge in [0.25, 0.3) is 0 Å². The van der Waals surface area contributed by atoms with Gasteiger partial charge in [-0.05, 0) is 122 Å². The quantitative estimate of drug-likeness (QED) is 0.0262. The number of allylic oxidation sites excluding steroid dienone is 22. The molecular formula is C65H104O6. The van der Waals surface area contributed by atoms with E-state index in [4.69, 9.17) is 14.2 Å². The molecule has 0 fully saturated rings. The van der Waals surface area contributed by atoms with Gasteiger partial charge in [0, 0.05) is 19.3 Å². The summed E-state index contributed by atoms with van der Waals surface area (Å²) in [4.78, 5) is 38.1. The molecule has 6 nitrogen and oxygen atoms in total. The fourth-order valence-corrected chi connectivity index (χ4v) is 7.39. The molecule has 6 heteroatoms. The lowest BCUT2D eigenvalue weighted by molar-refractivity contribution is -0.166. The van der Waals surface area contributed by atoms with E-state index in [1.54, 1.807) is 0 Å². The van der Waals surface area contributed by atoms with E-state index in [9.17, 15) is 14.4 Å². The Kier molecular flexibility index (Phi) is 54.5. The lowest BCUT2D eigenvalue weighted by Gasteiger charge is -2.18. The third-order valence-corrected chi connectivity index (χ3v) is 11.6. The van der Waals surface area contributed by atoms with Crippen molar-refractivity contribution in [3.63, 3.8) is 0 Å². The average Bonchev–Trinajstić information content (AvgIpc) is 3.37. The van der Waals surface area contributed by atoms with Crippen molar-refractivity contribution >= 4 is 17.9 Å². The molecule has 0 rings (SSSR count). The van der Waals surface area contributed by atoms with Gasteiger partial charge >= 0.3 is 17.9 Å². The molecule has 1 atom stereocenters. The molecule has 0 aromatic carbocycles. The molecule has 0 heterocycles. The minimum Gasteiger partial charge on any atom is -0.462 e. The average molecular weight is 982 g/mol. The summed E-state index contributed by atoms with van der Waals surface area (Å²) in [5, 5.41) is 0. The van der Waals surface area contributed by atoms with Crippen LogP contribution in [0.1, 0.15) is 239 Å². The molecule has 0 saturated carbocycles. The van der Waals surface area contributed by atoms with Crippen LogP contribution in [0.25, 0.3) is 0 Å². The first-order valence-electron chi connectivity index (χ1n) is 28.7. The smallest absolute Gasteiger partial charge is 0.306 e. The van der Waals surface area contributed by atoms with Gasteiger partial charge in [0.05, 0.1) is 0 Å². The van der Waals surface area contributed by atoms with Gasteiger partial charge in [-0.15, -0.1) is 0 Å². The van der Waals surface area contributed by atoms with E-state index in [0.717, 1.165) is 96.3 Å². The standard InChI is InChI=1S/C65H104O6/c1-4-7-10-13-16-19-22-25-27-28-29-30-31-32-33-34-35-36-38-40-43-46-49-52-55-58-64(67)70-61-62(60-69-63(66)57-54-51-48-45-42-39-24-21-18-15-12-9-6-3)71-65(68)59-56-53-50-47-44-41-37-26-23-20-17-14-11-8-5-2/h8-9,11-12,17-18,20-22,25-26,28-29,31-32,37,39,42,44,47-48,51,62H,4-7,10,13-16,19,23-24,27,30,33-36,38,40-41,43,45-46,49-50,52-61H2,1-3H3/b11-8-,12-9-,20-17-,21-18-,25-22-,29-28-,32-31-,37-26-,42-39-,47-44-,51-48-. The summed E-state index contributed by atoms with van der Waals surface area (Å²) in [5.41, 5.74) is 0. The SMILES string of the molecule is CC/C=C\C/C=C\C/C=C\C/C=C\CCCCC(=O)OC(COC(=O)CC/C=C\C/C=C\C/C=C\C/C=C\CC)COC(=O)CCCCCCCCCCCC/C=C\C/C=C\C/C=C\CCCCCCC. The topological polar surface area (TPSA) is 78.9 Å². The first kappa shape index (κ1) is 66.6. The van der Waals surface area contributed by atoms with E-state index in [-0.39, 0.29) is 44.0 Å². The molecule has 400 valence electrons. The van der Waals surface area contributed by atoms with Crippen molar-refractivity contribution in [3.05, 3.63) is 134 Å². The lowest BCUT2D eigenvalue weighted by Crippen LogP contribution is -2.30. The first-order valence-corrected chi connectivity index (χ1v) is 28.7. The maximum Gasteiger partial charge on any atom is 0.306 e. The summed E-state index contributed by atoms with van der Waals surface area (Å²) in [6.45, 7) is 6.28. The van der Waals surface area contributed by atoms with Crippen LogP contribution in [-0.4, -0.2) is 37.2 Å². The van der Waals surface area contributed by atoms with Crippen molar-refractivity contribution in [1.82, 2.24) is 0 Å². The molecule has 1 unspecified atom stereocenters. The van der Waals surface area contributed by atoms with E-state index >= 15 is 0 Å². The van der Waals surface area contributed by atoms with Crippen molar-refractivity contribution in [2.45, 2.75) is 245 Å². The molecule has 0 aromatic heterocycles. The summed E-state index contributed by atoms with van der Waals surface area (Å²) in [7, 11) is 0. The van der Waals surface area contributed by atoms with Crippen molar-refractivity contribution < 1.29 is 28.6 Å². The molecular weight excluding hydrogens is 877 g/mol. The predicted octanol–water partition coefficient (Wildman–Crippen LogP) is 19.4. The molecule has 0 spiro atoms. The van der Waals surface area contributed by atoms with Crippen LogP contribution in [0.3, 0.4) is 0 Å². The Bertz CT molecular complexity index is 1550.